The van der Waals surface area contributed by atoms with Crippen LogP contribution in [0.1, 0.15) is 35.3 Å². The number of carbonyl (C=O) groups is 1. The van der Waals surface area contributed by atoms with Gasteiger partial charge < -0.3 is 14.8 Å². The average Bonchev–Trinajstić information content (AvgIpc) is 2.71. The van der Waals surface area contributed by atoms with Gasteiger partial charge in [0.05, 0.1) is 25.2 Å². The summed E-state index contributed by atoms with van der Waals surface area (Å²) in [6.07, 6.45) is 0.649. The predicted octanol–water partition coefficient (Wildman–Crippen LogP) is 2.49. The zero-order valence-electron chi connectivity index (χ0n) is 15.8. The lowest BCUT2D eigenvalue weighted by Crippen LogP contribution is -2.28. The number of methoxy groups -OCH3 is 2. The first-order valence-corrected chi connectivity index (χ1v) is 9.91. The summed E-state index contributed by atoms with van der Waals surface area (Å²) in [6.45, 7) is 1.95. The van der Waals surface area contributed by atoms with Crippen LogP contribution in [0.25, 0.3) is 0 Å². The molecule has 0 aromatic heterocycles. The molecular formula is C19H24N2O5S. The summed E-state index contributed by atoms with van der Waals surface area (Å²) in [5, 5.41) is 2.93. The third-order valence-electron chi connectivity index (χ3n) is 4.20. The Morgan fingerprint density at radius 1 is 1.07 bits per heavy atom. The van der Waals surface area contributed by atoms with E-state index in [1.807, 2.05) is 19.1 Å². The first-order chi connectivity index (χ1) is 12.9. The summed E-state index contributed by atoms with van der Waals surface area (Å²) in [5.41, 5.74) is 1.13. The SMILES string of the molecule is CCC(NC(=O)c1cccc(S(=O)(=O)NC)c1)c1ccc(OC)c(OC)c1. The first kappa shape index (κ1) is 20.7. The van der Waals surface area contributed by atoms with Gasteiger partial charge in [0.25, 0.3) is 5.91 Å². The van der Waals surface area contributed by atoms with E-state index in [0.717, 1.165) is 5.56 Å². The van der Waals surface area contributed by atoms with Crippen LogP contribution in [-0.2, 0) is 10.0 Å². The molecule has 0 bridgehead atoms. The highest BCUT2D eigenvalue weighted by atomic mass is 32.2. The molecule has 0 heterocycles. The zero-order valence-corrected chi connectivity index (χ0v) is 16.6. The average molecular weight is 392 g/mol. The van der Waals surface area contributed by atoms with Crippen molar-refractivity contribution in [3.8, 4) is 11.5 Å². The van der Waals surface area contributed by atoms with Crippen molar-refractivity contribution in [3.63, 3.8) is 0 Å². The van der Waals surface area contributed by atoms with Crippen molar-refractivity contribution in [2.75, 3.05) is 21.3 Å². The van der Waals surface area contributed by atoms with Crippen molar-refractivity contribution in [2.24, 2.45) is 0 Å². The van der Waals surface area contributed by atoms with Crippen LogP contribution < -0.4 is 19.5 Å². The molecule has 0 aliphatic heterocycles. The fraction of sp³-hybridized carbons (Fsp3) is 0.316. The summed E-state index contributed by atoms with van der Waals surface area (Å²) in [7, 11) is 0.817. The second-order valence-electron chi connectivity index (χ2n) is 5.78. The van der Waals surface area contributed by atoms with Crippen LogP contribution in [0, 0.1) is 0 Å². The molecule has 0 spiro atoms. The van der Waals surface area contributed by atoms with E-state index in [1.165, 1.54) is 25.2 Å². The van der Waals surface area contributed by atoms with Gasteiger partial charge in [-0.25, -0.2) is 13.1 Å². The Morgan fingerprint density at radius 2 is 1.78 bits per heavy atom. The predicted molar refractivity (Wildman–Crippen MR) is 103 cm³/mol. The Bertz CT molecular complexity index is 912. The topological polar surface area (TPSA) is 93.7 Å². The van der Waals surface area contributed by atoms with Gasteiger partial charge in [-0.2, -0.15) is 0 Å². The van der Waals surface area contributed by atoms with E-state index < -0.39 is 10.0 Å². The van der Waals surface area contributed by atoms with Gasteiger partial charge >= 0.3 is 0 Å². The van der Waals surface area contributed by atoms with Crippen molar-refractivity contribution in [1.29, 1.82) is 0 Å². The monoisotopic (exact) mass is 392 g/mol. The van der Waals surface area contributed by atoms with Crippen LogP contribution in [0.4, 0.5) is 0 Å². The fourth-order valence-corrected chi connectivity index (χ4v) is 3.43. The Hall–Kier alpha value is -2.58. The maximum absolute atomic E-state index is 12.7. The van der Waals surface area contributed by atoms with Crippen molar-refractivity contribution >= 4 is 15.9 Å². The van der Waals surface area contributed by atoms with E-state index in [1.54, 1.807) is 26.4 Å². The summed E-state index contributed by atoms with van der Waals surface area (Å²) in [6, 6.07) is 11.1. The maximum Gasteiger partial charge on any atom is 0.251 e. The lowest BCUT2D eigenvalue weighted by atomic mass is 10.0. The number of benzene rings is 2. The largest absolute Gasteiger partial charge is 0.493 e. The zero-order chi connectivity index (χ0) is 20.0. The summed E-state index contributed by atoms with van der Waals surface area (Å²) in [5.74, 6) is 0.821. The molecule has 0 saturated carbocycles. The Kier molecular flexibility index (Phi) is 6.81. The molecule has 2 aromatic rings. The number of carbonyl (C=O) groups excluding carboxylic acids is 1. The molecule has 1 atom stereocenters. The van der Waals surface area contributed by atoms with Crippen LogP contribution in [0.15, 0.2) is 47.4 Å². The number of hydrogen-bond acceptors (Lipinski definition) is 5. The molecule has 2 rings (SSSR count). The third-order valence-corrected chi connectivity index (χ3v) is 5.61. The van der Waals surface area contributed by atoms with Crippen molar-refractivity contribution in [3.05, 3.63) is 53.6 Å². The summed E-state index contributed by atoms with van der Waals surface area (Å²) < 4.78 is 36.7. The lowest BCUT2D eigenvalue weighted by molar-refractivity contribution is 0.0935. The van der Waals surface area contributed by atoms with E-state index in [4.69, 9.17) is 9.47 Å². The molecule has 1 unspecified atom stereocenters. The molecule has 0 fully saturated rings. The standard InChI is InChI=1S/C19H24N2O5S/c1-5-16(13-9-10-17(25-3)18(12-13)26-4)21-19(22)14-7-6-8-15(11-14)27(23,24)20-2/h6-12,16,20H,5H2,1-4H3,(H,21,22). The second kappa shape index (κ2) is 8.88. The second-order valence-corrected chi connectivity index (χ2v) is 7.67. The molecule has 0 radical (unpaired) electrons. The van der Waals surface area contributed by atoms with Gasteiger partial charge in [-0.3, -0.25) is 4.79 Å². The highest BCUT2D eigenvalue weighted by Gasteiger charge is 2.18. The van der Waals surface area contributed by atoms with Gasteiger partial charge in [0.2, 0.25) is 10.0 Å². The van der Waals surface area contributed by atoms with E-state index in [-0.39, 0.29) is 22.4 Å². The van der Waals surface area contributed by atoms with Gasteiger partial charge in [-0.05, 0) is 49.4 Å². The number of amides is 1. The molecule has 2 N–H and O–H groups in total. The molecule has 0 saturated heterocycles. The highest BCUT2D eigenvalue weighted by molar-refractivity contribution is 7.89. The van der Waals surface area contributed by atoms with Gasteiger partial charge in [0.1, 0.15) is 0 Å². The van der Waals surface area contributed by atoms with Crippen LogP contribution in [0.5, 0.6) is 11.5 Å². The van der Waals surface area contributed by atoms with Crippen LogP contribution in [-0.4, -0.2) is 35.6 Å². The quantitative estimate of drug-likeness (QED) is 0.720. The van der Waals surface area contributed by atoms with Crippen LogP contribution >= 0.6 is 0 Å². The van der Waals surface area contributed by atoms with E-state index >= 15 is 0 Å². The Morgan fingerprint density at radius 3 is 2.37 bits per heavy atom. The molecule has 0 aliphatic carbocycles. The van der Waals surface area contributed by atoms with E-state index in [0.29, 0.717) is 17.9 Å². The van der Waals surface area contributed by atoms with Crippen molar-refractivity contribution in [2.45, 2.75) is 24.3 Å². The normalized spacial score (nSPS) is 12.3. The third kappa shape index (κ3) is 4.78. The minimum absolute atomic E-state index is 0.0387. The van der Waals surface area contributed by atoms with Crippen LogP contribution in [0.3, 0.4) is 0 Å². The van der Waals surface area contributed by atoms with Gasteiger partial charge in [0, 0.05) is 5.56 Å². The maximum atomic E-state index is 12.7. The summed E-state index contributed by atoms with van der Waals surface area (Å²) >= 11 is 0. The molecule has 2 aromatic carbocycles. The summed E-state index contributed by atoms with van der Waals surface area (Å²) in [4.78, 5) is 12.7. The smallest absolute Gasteiger partial charge is 0.251 e. The molecular weight excluding hydrogens is 368 g/mol. The molecule has 8 heteroatoms. The van der Waals surface area contributed by atoms with Gasteiger partial charge in [0.15, 0.2) is 11.5 Å². The minimum Gasteiger partial charge on any atom is -0.493 e. The molecule has 27 heavy (non-hydrogen) atoms. The molecule has 7 nitrogen and oxygen atoms in total. The van der Waals surface area contributed by atoms with Gasteiger partial charge in [-0.15, -0.1) is 0 Å². The Balaban J connectivity index is 2.27. The molecule has 146 valence electrons. The van der Waals surface area contributed by atoms with E-state index in [2.05, 4.69) is 10.0 Å². The number of sulfonamides is 1. The first-order valence-electron chi connectivity index (χ1n) is 8.42. The molecule has 0 aliphatic rings. The van der Waals surface area contributed by atoms with E-state index in [9.17, 15) is 13.2 Å². The number of nitrogens with one attached hydrogen (secondary N) is 2. The lowest BCUT2D eigenvalue weighted by Gasteiger charge is -2.19. The van der Waals surface area contributed by atoms with Crippen molar-refractivity contribution < 1.29 is 22.7 Å². The van der Waals surface area contributed by atoms with Crippen molar-refractivity contribution in [1.82, 2.24) is 10.0 Å². The number of ether oxygens (including phenoxy) is 2. The highest BCUT2D eigenvalue weighted by Crippen LogP contribution is 2.31. The minimum atomic E-state index is -3.62. The Labute approximate surface area is 159 Å². The number of hydrogen-bond donors (Lipinski definition) is 2. The van der Waals surface area contributed by atoms with Crippen LogP contribution in [0.2, 0.25) is 0 Å². The fourth-order valence-electron chi connectivity index (χ4n) is 2.65. The van der Waals surface area contributed by atoms with Gasteiger partial charge in [-0.1, -0.05) is 19.1 Å². The molecule has 1 amide bonds. The number of rotatable bonds is 8.